The molecule has 1 saturated heterocycles. The lowest BCUT2D eigenvalue weighted by molar-refractivity contribution is -0.116. The fraction of sp³-hybridized carbons (Fsp3) is 0.500. The van der Waals surface area contributed by atoms with Crippen LogP contribution in [0.3, 0.4) is 0 Å². The molecule has 1 aliphatic heterocycles. The van der Waals surface area contributed by atoms with Gasteiger partial charge >= 0.3 is 0 Å². The molecule has 2 N–H and O–H groups in total. The zero-order valence-electron chi connectivity index (χ0n) is 11.5. The van der Waals surface area contributed by atoms with Crippen LogP contribution >= 0.6 is 23.2 Å². The highest BCUT2D eigenvalue weighted by atomic mass is 35.5. The molecule has 2 rings (SSSR count). The van der Waals surface area contributed by atoms with Gasteiger partial charge in [-0.25, -0.2) is 0 Å². The minimum Gasteiger partial charge on any atom is -0.325 e. The van der Waals surface area contributed by atoms with E-state index in [9.17, 15) is 4.79 Å². The van der Waals surface area contributed by atoms with Crippen molar-refractivity contribution in [1.82, 2.24) is 10.2 Å². The second-order valence-electron chi connectivity index (χ2n) is 5.05. The average molecular weight is 316 g/mol. The summed E-state index contributed by atoms with van der Waals surface area (Å²) >= 11 is 11.9. The maximum atomic E-state index is 11.9. The quantitative estimate of drug-likeness (QED) is 0.878. The summed E-state index contributed by atoms with van der Waals surface area (Å²) in [6.45, 7) is 2.79. The van der Waals surface area contributed by atoms with E-state index in [0.717, 1.165) is 26.1 Å². The summed E-state index contributed by atoms with van der Waals surface area (Å²) in [6.07, 6.45) is 1.58. The lowest BCUT2D eigenvalue weighted by atomic mass is 10.2. The van der Waals surface area contributed by atoms with Gasteiger partial charge in [0.05, 0.1) is 10.7 Å². The summed E-state index contributed by atoms with van der Waals surface area (Å²) < 4.78 is 0. The minimum absolute atomic E-state index is 0.0491. The molecule has 1 aromatic carbocycles. The van der Waals surface area contributed by atoms with Gasteiger partial charge < -0.3 is 15.5 Å². The van der Waals surface area contributed by atoms with Crippen LogP contribution in [0.2, 0.25) is 10.0 Å². The second-order valence-corrected chi connectivity index (χ2v) is 5.89. The normalized spacial score (nSPS) is 18.5. The number of benzene rings is 1. The first-order valence-corrected chi connectivity index (χ1v) is 7.47. The monoisotopic (exact) mass is 315 g/mol. The van der Waals surface area contributed by atoms with E-state index in [2.05, 4.69) is 22.6 Å². The molecule has 110 valence electrons. The molecule has 1 amide bonds. The Morgan fingerprint density at radius 2 is 2.30 bits per heavy atom. The number of rotatable bonds is 5. The highest BCUT2D eigenvalue weighted by Gasteiger charge is 2.19. The van der Waals surface area contributed by atoms with E-state index in [1.807, 2.05) is 0 Å². The first kappa shape index (κ1) is 15.6. The van der Waals surface area contributed by atoms with E-state index in [0.29, 0.717) is 28.2 Å². The summed E-state index contributed by atoms with van der Waals surface area (Å²) in [5, 5.41) is 7.17. The van der Waals surface area contributed by atoms with E-state index in [-0.39, 0.29) is 5.91 Å². The van der Waals surface area contributed by atoms with Crippen molar-refractivity contribution in [1.29, 1.82) is 0 Å². The van der Waals surface area contributed by atoms with Gasteiger partial charge in [-0.05, 0) is 38.2 Å². The van der Waals surface area contributed by atoms with Crippen molar-refractivity contribution in [2.75, 3.05) is 32.0 Å². The van der Waals surface area contributed by atoms with Gasteiger partial charge in [-0.1, -0.05) is 23.2 Å². The SMILES string of the molecule is CN(CCC(=O)Nc1cc(Cl)ccc1Cl)C1CCNC1. The molecule has 1 unspecified atom stereocenters. The van der Waals surface area contributed by atoms with Crippen LogP contribution in [0.5, 0.6) is 0 Å². The van der Waals surface area contributed by atoms with E-state index >= 15 is 0 Å². The second kappa shape index (κ2) is 7.27. The number of hydrogen-bond donors (Lipinski definition) is 2. The van der Waals surface area contributed by atoms with Crippen LogP contribution in [-0.4, -0.2) is 43.5 Å². The number of carbonyl (C=O) groups excluding carboxylic acids is 1. The molecule has 1 aliphatic rings. The molecular formula is C14H19Cl2N3O. The van der Waals surface area contributed by atoms with E-state index in [4.69, 9.17) is 23.2 Å². The van der Waals surface area contributed by atoms with E-state index in [1.165, 1.54) is 0 Å². The van der Waals surface area contributed by atoms with Crippen LogP contribution in [0.15, 0.2) is 18.2 Å². The third-order valence-electron chi connectivity index (χ3n) is 3.55. The zero-order chi connectivity index (χ0) is 14.5. The van der Waals surface area contributed by atoms with Crippen LogP contribution in [-0.2, 0) is 4.79 Å². The molecule has 1 atom stereocenters. The molecule has 1 fully saturated rings. The van der Waals surface area contributed by atoms with E-state index in [1.54, 1.807) is 18.2 Å². The Kier molecular flexibility index (Phi) is 5.66. The Morgan fingerprint density at radius 3 is 3.00 bits per heavy atom. The lowest BCUT2D eigenvalue weighted by Crippen LogP contribution is -2.35. The number of hydrogen-bond acceptors (Lipinski definition) is 3. The molecule has 0 aliphatic carbocycles. The largest absolute Gasteiger partial charge is 0.325 e. The van der Waals surface area contributed by atoms with E-state index < -0.39 is 0 Å². The minimum atomic E-state index is -0.0491. The first-order valence-electron chi connectivity index (χ1n) is 6.72. The molecule has 1 aromatic rings. The van der Waals surface area contributed by atoms with Gasteiger partial charge in [0.1, 0.15) is 0 Å². The summed E-state index contributed by atoms with van der Waals surface area (Å²) in [5.41, 5.74) is 0.564. The van der Waals surface area contributed by atoms with Crippen LogP contribution in [0.1, 0.15) is 12.8 Å². The van der Waals surface area contributed by atoms with Gasteiger partial charge in [0.2, 0.25) is 5.91 Å². The summed E-state index contributed by atoms with van der Waals surface area (Å²) in [4.78, 5) is 14.2. The van der Waals surface area contributed by atoms with Crippen molar-refractivity contribution in [3.05, 3.63) is 28.2 Å². The zero-order valence-corrected chi connectivity index (χ0v) is 13.0. The number of nitrogens with one attached hydrogen (secondary N) is 2. The molecule has 0 radical (unpaired) electrons. The van der Waals surface area contributed by atoms with Crippen LogP contribution in [0.4, 0.5) is 5.69 Å². The number of halogens is 2. The number of likely N-dealkylation sites (N-methyl/N-ethyl adjacent to an activating group) is 1. The molecule has 4 nitrogen and oxygen atoms in total. The van der Waals surface area contributed by atoms with Gasteiger partial charge in [0, 0.05) is 30.6 Å². The standard InChI is InChI=1S/C14H19Cl2N3O/c1-19(11-4-6-17-9-11)7-5-14(20)18-13-8-10(15)2-3-12(13)16/h2-3,8,11,17H,4-7,9H2,1H3,(H,18,20). The summed E-state index contributed by atoms with van der Waals surface area (Å²) in [5.74, 6) is -0.0491. The molecule has 20 heavy (non-hydrogen) atoms. The molecule has 1 heterocycles. The number of amides is 1. The topological polar surface area (TPSA) is 44.4 Å². The Labute approximate surface area is 129 Å². The fourth-order valence-corrected chi connectivity index (χ4v) is 2.62. The van der Waals surface area contributed by atoms with Crippen molar-refractivity contribution in [2.24, 2.45) is 0 Å². The maximum Gasteiger partial charge on any atom is 0.225 e. The smallest absolute Gasteiger partial charge is 0.225 e. The number of carbonyl (C=O) groups is 1. The number of anilines is 1. The molecule has 0 aromatic heterocycles. The van der Waals surface area contributed by atoms with Gasteiger partial charge in [-0.3, -0.25) is 4.79 Å². The Morgan fingerprint density at radius 1 is 1.50 bits per heavy atom. The molecule has 6 heteroatoms. The van der Waals surface area contributed by atoms with Crippen molar-refractivity contribution in [3.63, 3.8) is 0 Å². The predicted octanol–water partition coefficient (Wildman–Crippen LogP) is 2.62. The Hall–Kier alpha value is -0.810. The Balaban J connectivity index is 1.81. The first-order chi connectivity index (χ1) is 9.56. The van der Waals surface area contributed by atoms with Crippen molar-refractivity contribution in [3.8, 4) is 0 Å². The third-order valence-corrected chi connectivity index (χ3v) is 4.12. The summed E-state index contributed by atoms with van der Waals surface area (Å²) in [6, 6.07) is 5.56. The highest BCUT2D eigenvalue weighted by molar-refractivity contribution is 6.35. The lowest BCUT2D eigenvalue weighted by Gasteiger charge is -2.23. The van der Waals surface area contributed by atoms with Crippen LogP contribution < -0.4 is 10.6 Å². The fourth-order valence-electron chi connectivity index (χ4n) is 2.28. The van der Waals surface area contributed by atoms with Gasteiger partial charge in [0.15, 0.2) is 0 Å². The Bertz CT molecular complexity index is 475. The van der Waals surface area contributed by atoms with Gasteiger partial charge in [0.25, 0.3) is 0 Å². The average Bonchev–Trinajstić information content (AvgIpc) is 2.94. The van der Waals surface area contributed by atoms with Gasteiger partial charge in [-0.15, -0.1) is 0 Å². The van der Waals surface area contributed by atoms with Crippen LogP contribution in [0.25, 0.3) is 0 Å². The maximum absolute atomic E-state index is 11.9. The number of nitrogens with zero attached hydrogens (tertiary/aromatic N) is 1. The summed E-state index contributed by atoms with van der Waals surface area (Å²) in [7, 11) is 2.05. The van der Waals surface area contributed by atoms with Gasteiger partial charge in [-0.2, -0.15) is 0 Å². The molecular weight excluding hydrogens is 297 g/mol. The van der Waals surface area contributed by atoms with Crippen LogP contribution in [0, 0.1) is 0 Å². The third kappa shape index (κ3) is 4.35. The highest BCUT2D eigenvalue weighted by Crippen LogP contribution is 2.25. The van der Waals surface area contributed by atoms with Crippen molar-refractivity contribution < 1.29 is 4.79 Å². The molecule has 0 spiro atoms. The molecule has 0 saturated carbocycles. The molecule has 0 bridgehead atoms. The van der Waals surface area contributed by atoms with Crippen molar-refractivity contribution >= 4 is 34.8 Å². The van der Waals surface area contributed by atoms with Crippen molar-refractivity contribution in [2.45, 2.75) is 18.9 Å². The predicted molar refractivity (Wildman–Crippen MR) is 83.6 cm³/mol.